The van der Waals surface area contributed by atoms with Crippen LogP contribution in [-0.2, 0) is 17.3 Å². The van der Waals surface area contributed by atoms with Gasteiger partial charge in [-0.3, -0.25) is 4.21 Å². The zero-order valence-electron chi connectivity index (χ0n) is 17.0. The second kappa shape index (κ2) is 9.77. The lowest BCUT2D eigenvalue weighted by atomic mass is 9.92. The highest BCUT2D eigenvalue weighted by atomic mass is 32.2. The average molecular weight is 448 g/mol. The van der Waals surface area contributed by atoms with Gasteiger partial charge in [-0.15, -0.1) is 0 Å². The molecule has 0 aromatic heterocycles. The van der Waals surface area contributed by atoms with Crippen LogP contribution < -0.4 is 5.32 Å². The lowest BCUT2D eigenvalue weighted by Crippen LogP contribution is -2.57. The Balaban J connectivity index is 1.99. The molecular formula is C24H24F3NO2S. The van der Waals surface area contributed by atoms with Crippen LogP contribution in [0.1, 0.15) is 21.9 Å². The van der Waals surface area contributed by atoms with E-state index in [1.807, 2.05) is 13.0 Å². The molecule has 0 amide bonds. The van der Waals surface area contributed by atoms with Crippen molar-refractivity contribution < 1.29 is 22.5 Å². The minimum absolute atomic E-state index is 0.137. The first-order valence-corrected chi connectivity index (χ1v) is 11.0. The second-order valence-electron chi connectivity index (χ2n) is 7.41. The number of hydrogen-bond donors (Lipinski definition) is 2. The van der Waals surface area contributed by atoms with Crippen LogP contribution in [0.5, 0.6) is 0 Å². The fourth-order valence-corrected chi connectivity index (χ4v) is 5.00. The molecule has 0 heterocycles. The second-order valence-corrected chi connectivity index (χ2v) is 8.95. The predicted octanol–water partition coefficient (Wildman–Crippen LogP) is 4.93. The molecule has 3 atom stereocenters. The third-order valence-electron chi connectivity index (χ3n) is 5.06. The number of hydrogen-bond acceptors (Lipinski definition) is 3. The van der Waals surface area contributed by atoms with Crippen molar-refractivity contribution >= 4 is 10.8 Å². The molecule has 164 valence electrons. The summed E-state index contributed by atoms with van der Waals surface area (Å²) in [5.41, 5.74) is -1.42. The number of alkyl halides is 3. The zero-order valence-corrected chi connectivity index (χ0v) is 17.8. The van der Waals surface area contributed by atoms with Crippen molar-refractivity contribution in [2.75, 3.05) is 6.54 Å². The molecule has 31 heavy (non-hydrogen) atoms. The van der Waals surface area contributed by atoms with E-state index < -0.39 is 34.4 Å². The van der Waals surface area contributed by atoms with E-state index in [1.165, 1.54) is 24.3 Å². The van der Waals surface area contributed by atoms with Crippen LogP contribution in [0.2, 0.25) is 0 Å². The van der Waals surface area contributed by atoms with Crippen molar-refractivity contribution in [2.24, 2.45) is 0 Å². The topological polar surface area (TPSA) is 49.3 Å². The molecule has 7 heteroatoms. The Hall–Kier alpha value is -2.48. The summed E-state index contributed by atoms with van der Waals surface area (Å²) in [6, 6.07) is 23.1. The standard InChI is InChI=1S/C24H24F3NO2S/c1-18-12-14-21(15-13-18)31(30)22(20-10-6-3-7-11-20)23(29,24(25,26)27)17-28-16-19-8-4-2-5-9-19/h2-15,22,28-29H,16-17H2,1H3/t22-,23+,31?/m0/s1. The molecule has 0 aliphatic heterocycles. The van der Waals surface area contributed by atoms with Crippen LogP contribution >= 0.6 is 0 Å². The Morgan fingerprint density at radius 1 is 0.903 bits per heavy atom. The summed E-state index contributed by atoms with van der Waals surface area (Å²) in [5.74, 6) is 0. The SMILES string of the molecule is Cc1ccc(S(=O)[C@@H](c2ccccc2)[C@](O)(CNCc2ccccc2)C(F)(F)F)cc1. The molecule has 1 unspecified atom stereocenters. The van der Waals surface area contributed by atoms with E-state index >= 15 is 0 Å². The van der Waals surface area contributed by atoms with Crippen molar-refractivity contribution in [2.45, 2.75) is 35.4 Å². The lowest BCUT2D eigenvalue weighted by molar-refractivity contribution is -0.259. The van der Waals surface area contributed by atoms with Gasteiger partial charge < -0.3 is 10.4 Å². The number of halogens is 3. The quantitative estimate of drug-likeness (QED) is 0.515. The van der Waals surface area contributed by atoms with E-state index in [0.717, 1.165) is 11.1 Å². The average Bonchev–Trinajstić information content (AvgIpc) is 2.75. The molecule has 0 bridgehead atoms. The fourth-order valence-electron chi connectivity index (χ4n) is 3.35. The van der Waals surface area contributed by atoms with Gasteiger partial charge in [0.25, 0.3) is 0 Å². The van der Waals surface area contributed by atoms with Gasteiger partial charge in [0.2, 0.25) is 0 Å². The molecule has 0 fully saturated rings. The molecule has 3 rings (SSSR count). The summed E-state index contributed by atoms with van der Waals surface area (Å²) in [6.07, 6.45) is -5.02. The van der Waals surface area contributed by atoms with Crippen LogP contribution in [-0.4, -0.2) is 27.6 Å². The van der Waals surface area contributed by atoms with Crippen LogP contribution in [0.4, 0.5) is 13.2 Å². The smallest absolute Gasteiger partial charge is 0.378 e. The first-order chi connectivity index (χ1) is 14.7. The van der Waals surface area contributed by atoms with Crippen molar-refractivity contribution in [1.29, 1.82) is 0 Å². The molecule has 0 radical (unpaired) electrons. The molecule has 0 saturated heterocycles. The van der Waals surface area contributed by atoms with E-state index in [1.54, 1.807) is 54.6 Å². The maximum Gasteiger partial charge on any atom is 0.420 e. The Kier molecular flexibility index (Phi) is 7.30. The molecule has 3 nitrogen and oxygen atoms in total. The molecule has 0 aliphatic rings. The molecule has 0 aliphatic carbocycles. The normalized spacial score (nSPS) is 15.8. The molecular weight excluding hydrogens is 423 g/mol. The number of nitrogens with one attached hydrogen (secondary N) is 1. The van der Waals surface area contributed by atoms with Gasteiger partial charge in [-0.2, -0.15) is 13.2 Å². The fraction of sp³-hybridized carbons (Fsp3) is 0.250. The molecule has 3 aromatic rings. The number of aryl methyl sites for hydroxylation is 1. The van der Waals surface area contributed by atoms with Crippen molar-refractivity contribution in [1.82, 2.24) is 5.32 Å². The van der Waals surface area contributed by atoms with Crippen LogP contribution in [0.25, 0.3) is 0 Å². The van der Waals surface area contributed by atoms with Gasteiger partial charge in [0.15, 0.2) is 5.60 Å². The molecule has 2 N–H and O–H groups in total. The van der Waals surface area contributed by atoms with Crippen molar-refractivity contribution in [3.05, 3.63) is 102 Å². The predicted molar refractivity (Wildman–Crippen MR) is 116 cm³/mol. The van der Waals surface area contributed by atoms with Gasteiger partial charge in [0.1, 0.15) is 5.25 Å². The van der Waals surface area contributed by atoms with Crippen LogP contribution in [0.3, 0.4) is 0 Å². The summed E-state index contributed by atoms with van der Waals surface area (Å²) >= 11 is 0. The third kappa shape index (κ3) is 5.42. The van der Waals surface area contributed by atoms with Crippen LogP contribution in [0, 0.1) is 6.92 Å². The summed E-state index contributed by atoms with van der Waals surface area (Å²) in [7, 11) is -2.15. The Morgan fingerprint density at radius 3 is 2.00 bits per heavy atom. The van der Waals surface area contributed by atoms with E-state index in [2.05, 4.69) is 5.32 Å². The maximum atomic E-state index is 14.3. The van der Waals surface area contributed by atoms with Crippen LogP contribution in [0.15, 0.2) is 89.8 Å². The van der Waals surface area contributed by atoms with E-state index in [-0.39, 0.29) is 17.0 Å². The first kappa shape index (κ1) is 23.2. The Morgan fingerprint density at radius 2 is 1.45 bits per heavy atom. The maximum absolute atomic E-state index is 14.3. The summed E-state index contributed by atoms with van der Waals surface area (Å²) in [4.78, 5) is 0.227. The van der Waals surface area contributed by atoms with Gasteiger partial charge in [-0.25, -0.2) is 0 Å². The monoisotopic (exact) mass is 447 g/mol. The minimum Gasteiger partial charge on any atom is -0.378 e. The largest absolute Gasteiger partial charge is 0.420 e. The number of rotatable bonds is 8. The highest BCUT2D eigenvalue weighted by Crippen LogP contribution is 2.44. The van der Waals surface area contributed by atoms with Gasteiger partial charge in [-0.1, -0.05) is 78.4 Å². The van der Waals surface area contributed by atoms with Crippen molar-refractivity contribution in [3.8, 4) is 0 Å². The van der Waals surface area contributed by atoms with Crippen molar-refractivity contribution in [3.63, 3.8) is 0 Å². The molecule has 0 spiro atoms. The first-order valence-electron chi connectivity index (χ1n) is 9.78. The van der Waals surface area contributed by atoms with E-state index in [9.17, 15) is 22.5 Å². The zero-order chi connectivity index (χ0) is 22.5. The number of aliphatic hydroxyl groups is 1. The van der Waals surface area contributed by atoms with E-state index in [0.29, 0.717) is 0 Å². The van der Waals surface area contributed by atoms with E-state index in [4.69, 9.17) is 0 Å². The highest BCUT2D eigenvalue weighted by molar-refractivity contribution is 7.85. The third-order valence-corrected chi connectivity index (χ3v) is 6.89. The van der Waals surface area contributed by atoms with Gasteiger partial charge >= 0.3 is 6.18 Å². The minimum atomic E-state index is -5.02. The summed E-state index contributed by atoms with van der Waals surface area (Å²) in [6.45, 7) is 1.17. The van der Waals surface area contributed by atoms with Gasteiger partial charge in [0.05, 0.1) is 10.8 Å². The number of benzene rings is 3. The summed E-state index contributed by atoms with van der Waals surface area (Å²) in [5, 5.41) is 12.0. The van der Waals surface area contributed by atoms with Gasteiger partial charge in [0, 0.05) is 18.0 Å². The molecule has 3 aromatic carbocycles. The lowest BCUT2D eigenvalue weighted by Gasteiger charge is -2.37. The summed E-state index contributed by atoms with van der Waals surface area (Å²) < 4.78 is 56.3. The van der Waals surface area contributed by atoms with Gasteiger partial charge in [-0.05, 0) is 30.2 Å². The molecule has 0 saturated carbocycles. The Labute approximate surface area is 182 Å². The highest BCUT2D eigenvalue weighted by Gasteiger charge is 2.60. The Bertz CT molecular complexity index is 995.